The molecule has 1 amide bonds. The van der Waals surface area contributed by atoms with Crippen molar-refractivity contribution in [3.63, 3.8) is 0 Å². The molecule has 0 aliphatic rings. The molecular weight excluding hydrogens is 695 g/mol. The van der Waals surface area contributed by atoms with Gasteiger partial charge in [-0.15, -0.1) is 0 Å². The van der Waals surface area contributed by atoms with E-state index in [1.807, 2.05) is 0 Å². The number of rotatable bonds is 45. The van der Waals surface area contributed by atoms with Gasteiger partial charge >= 0.3 is 5.97 Å². The first kappa shape index (κ1) is 54.6. The van der Waals surface area contributed by atoms with Crippen LogP contribution < -0.4 is 5.32 Å². The number of hydrogen-bond donors (Lipinski definition) is 3. The van der Waals surface area contributed by atoms with Crippen molar-refractivity contribution in [2.45, 2.75) is 289 Å². The Kier molecular flexibility index (Phi) is 43.6. The Morgan fingerprint density at radius 2 is 0.875 bits per heavy atom. The summed E-state index contributed by atoms with van der Waals surface area (Å²) in [4.78, 5) is 26.0. The molecule has 56 heavy (non-hydrogen) atoms. The lowest BCUT2D eigenvalue weighted by Gasteiger charge is -2.24. The molecular formula is C50H97NO5. The first-order valence-electron chi connectivity index (χ1n) is 24.9. The van der Waals surface area contributed by atoms with Crippen LogP contribution in [0.3, 0.4) is 0 Å². The quantitative estimate of drug-likeness (QED) is 0.0324. The van der Waals surface area contributed by atoms with E-state index >= 15 is 0 Å². The molecule has 0 fully saturated rings. The molecule has 0 aliphatic heterocycles. The summed E-state index contributed by atoms with van der Waals surface area (Å²) in [6.07, 6.45) is 48.4. The van der Waals surface area contributed by atoms with Crippen LogP contribution in [0.25, 0.3) is 0 Å². The molecule has 0 aromatic rings. The second kappa shape index (κ2) is 44.7. The molecule has 0 aromatic heterocycles. The third-order valence-electron chi connectivity index (χ3n) is 11.6. The number of carbonyl (C=O) groups is 2. The molecule has 0 aliphatic carbocycles. The molecule has 0 bridgehead atoms. The van der Waals surface area contributed by atoms with E-state index in [9.17, 15) is 19.8 Å². The highest BCUT2D eigenvalue weighted by atomic mass is 16.5. The highest BCUT2D eigenvalue weighted by Gasteiger charge is 2.24. The first-order valence-corrected chi connectivity index (χ1v) is 24.9. The second-order valence-electron chi connectivity index (χ2n) is 17.2. The number of aliphatic hydroxyl groups is 2. The molecule has 0 aromatic carbocycles. The Morgan fingerprint density at radius 1 is 0.500 bits per heavy atom. The Bertz CT molecular complexity index is 847. The van der Waals surface area contributed by atoms with Gasteiger partial charge in [-0.05, 0) is 44.9 Å². The number of ether oxygens (including phenoxy) is 1. The summed E-state index contributed by atoms with van der Waals surface area (Å²) >= 11 is 0. The van der Waals surface area contributed by atoms with E-state index in [0.717, 1.165) is 51.4 Å². The highest BCUT2D eigenvalue weighted by molar-refractivity contribution is 5.77. The molecule has 3 N–H and O–H groups in total. The van der Waals surface area contributed by atoms with Gasteiger partial charge in [0.1, 0.15) is 6.10 Å². The number of amides is 1. The fourth-order valence-electron chi connectivity index (χ4n) is 7.77. The van der Waals surface area contributed by atoms with Crippen molar-refractivity contribution in [2.75, 3.05) is 6.61 Å². The van der Waals surface area contributed by atoms with Gasteiger partial charge in [0.15, 0.2) is 0 Å². The van der Waals surface area contributed by atoms with Gasteiger partial charge in [-0.25, -0.2) is 0 Å². The monoisotopic (exact) mass is 792 g/mol. The van der Waals surface area contributed by atoms with Gasteiger partial charge in [0, 0.05) is 6.42 Å². The smallest absolute Gasteiger partial charge is 0.306 e. The molecule has 3 unspecified atom stereocenters. The zero-order valence-corrected chi connectivity index (χ0v) is 37.8. The lowest BCUT2D eigenvalue weighted by atomic mass is 10.0. The van der Waals surface area contributed by atoms with Crippen molar-refractivity contribution in [3.05, 3.63) is 12.2 Å². The lowest BCUT2D eigenvalue weighted by molar-refractivity contribution is -0.151. The van der Waals surface area contributed by atoms with Crippen molar-refractivity contribution in [1.82, 2.24) is 5.32 Å². The van der Waals surface area contributed by atoms with Crippen LogP contribution in [-0.2, 0) is 14.3 Å². The summed E-state index contributed by atoms with van der Waals surface area (Å²) < 4.78 is 5.91. The fourth-order valence-corrected chi connectivity index (χ4v) is 7.77. The summed E-state index contributed by atoms with van der Waals surface area (Å²) in [5.74, 6) is -0.471. The summed E-state index contributed by atoms with van der Waals surface area (Å²) in [7, 11) is 0. The van der Waals surface area contributed by atoms with Crippen LogP contribution in [-0.4, -0.2) is 46.9 Å². The van der Waals surface area contributed by atoms with E-state index in [-0.39, 0.29) is 24.9 Å². The standard InChI is InChI=1S/C50H97NO5/c1-4-7-10-13-16-19-22-24-25-28-30-33-36-39-42-48(53)47(45-52)51-49(54)44-46(41-38-35-32-29-27-23-20-17-14-11-8-5-2)56-50(55)43-40-37-34-31-26-21-18-15-12-9-6-3/h15,18,46-48,52-53H,4-14,16-17,19-45H2,1-3H3,(H,51,54)/b18-15-. The van der Waals surface area contributed by atoms with E-state index in [4.69, 9.17) is 4.74 Å². The molecule has 332 valence electrons. The number of esters is 1. The van der Waals surface area contributed by atoms with Crippen molar-refractivity contribution in [3.8, 4) is 0 Å². The zero-order chi connectivity index (χ0) is 41.0. The average molecular weight is 792 g/mol. The van der Waals surface area contributed by atoms with Gasteiger partial charge in [0.2, 0.25) is 5.91 Å². The van der Waals surface area contributed by atoms with Gasteiger partial charge < -0.3 is 20.3 Å². The summed E-state index contributed by atoms with van der Waals surface area (Å²) in [5, 5.41) is 23.7. The van der Waals surface area contributed by atoms with Gasteiger partial charge in [-0.2, -0.15) is 0 Å². The number of unbranched alkanes of at least 4 members (excludes halogenated alkanes) is 31. The largest absolute Gasteiger partial charge is 0.462 e. The predicted octanol–water partition coefficient (Wildman–Crippen LogP) is 14.6. The summed E-state index contributed by atoms with van der Waals surface area (Å²) in [5.41, 5.74) is 0. The Labute approximate surface area is 349 Å². The number of aliphatic hydroxyl groups excluding tert-OH is 2. The van der Waals surface area contributed by atoms with Crippen molar-refractivity contribution < 1.29 is 24.5 Å². The topological polar surface area (TPSA) is 95.9 Å². The van der Waals surface area contributed by atoms with Crippen molar-refractivity contribution >= 4 is 11.9 Å². The Morgan fingerprint density at radius 3 is 1.32 bits per heavy atom. The van der Waals surface area contributed by atoms with Crippen molar-refractivity contribution in [1.29, 1.82) is 0 Å². The number of hydrogen-bond acceptors (Lipinski definition) is 5. The SMILES string of the molecule is CCCC/C=C\CCCCCCCC(=O)OC(CCCCCCCCCCCCCC)CC(=O)NC(CO)C(O)CCCCCCCCCCCCCCCC. The average Bonchev–Trinajstić information content (AvgIpc) is 3.19. The third kappa shape index (κ3) is 39.4. The zero-order valence-electron chi connectivity index (χ0n) is 37.8. The number of nitrogens with one attached hydrogen (secondary N) is 1. The molecule has 6 nitrogen and oxygen atoms in total. The number of carbonyl (C=O) groups excluding carboxylic acids is 2. The summed E-state index contributed by atoms with van der Waals surface area (Å²) in [6, 6.07) is -0.695. The summed E-state index contributed by atoms with van der Waals surface area (Å²) in [6.45, 7) is 6.46. The molecule has 0 saturated heterocycles. The molecule has 6 heteroatoms. The van der Waals surface area contributed by atoms with Gasteiger partial charge in [-0.3, -0.25) is 9.59 Å². The Hall–Kier alpha value is -1.40. The van der Waals surface area contributed by atoms with Crippen LogP contribution in [0.4, 0.5) is 0 Å². The van der Waals surface area contributed by atoms with Gasteiger partial charge in [-0.1, -0.05) is 226 Å². The van der Waals surface area contributed by atoms with Crippen LogP contribution in [0.1, 0.15) is 271 Å². The van der Waals surface area contributed by atoms with E-state index in [2.05, 4.69) is 38.2 Å². The van der Waals surface area contributed by atoms with Crippen LogP contribution in [0.5, 0.6) is 0 Å². The minimum absolute atomic E-state index is 0.0810. The molecule has 0 spiro atoms. The second-order valence-corrected chi connectivity index (χ2v) is 17.2. The minimum atomic E-state index is -0.782. The lowest BCUT2D eigenvalue weighted by Crippen LogP contribution is -2.46. The normalized spacial score (nSPS) is 13.3. The van der Waals surface area contributed by atoms with Crippen LogP contribution >= 0.6 is 0 Å². The molecule has 3 atom stereocenters. The number of allylic oxidation sites excluding steroid dienone is 2. The maximum absolute atomic E-state index is 13.2. The molecule has 0 rings (SSSR count). The fraction of sp³-hybridized carbons (Fsp3) is 0.920. The van der Waals surface area contributed by atoms with Crippen molar-refractivity contribution in [2.24, 2.45) is 0 Å². The van der Waals surface area contributed by atoms with E-state index < -0.39 is 18.2 Å². The molecule has 0 saturated carbocycles. The van der Waals surface area contributed by atoms with Gasteiger partial charge in [0.25, 0.3) is 0 Å². The van der Waals surface area contributed by atoms with E-state index in [1.165, 1.54) is 173 Å². The predicted molar refractivity (Wildman–Crippen MR) is 241 cm³/mol. The van der Waals surface area contributed by atoms with Crippen LogP contribution in [0.15, 0.2) is 12.2 Å². The van der Waals surface area contributed by atoms with Crippen LogP contribution in [0, 0.1) is 0 Å². The van der Waals surface area contributed by atoms with E-state index in [1.54, 1.807) is 0 Å². The Balaban J connectivity index is 4.51. The maximum atomic E-state index is 13.2. The highest BCUT2D eigenvalue weighted by Crippen LogP contribution is 2.18. The maximum Gasteiger partial charge on any atom is 0.306 e. The van der Waals surface area contributed by atoms with E-state index in [0.29, 0.717) is 19.3 Å². The third-order valence-corrected chi connectivity index (χ3v) is 11.6. The van der Waals surface area contributed by atoms with Crippen LogP contribution in [0.2, 0.25) is 0 Å². The minimum Gasteiger partial charge on any atom is -0.462 e. The molecule has 0 heterocycles. The first-order chi connectivity index (χ1) is 27.5. The van der Waals surface area contributed by atoms with Gasteiger partial charge in [0.05, 0.1) is 25.2 Å². The molecule has 0 radical (unpaired) electrons.